The van der Waals surface area contributed by atoms with Gasteiger partial charge in [-0.3, -0.25) is 4.79 Å². The lowest BCUT2D eigenvalue weighted by atomic mass is 10.4. The first-order chi connectivity index (χ1) is 6.31. The molecule has 0 aromatic heterocycles. The van der Waals surface area contributed by atoms with E-state index in [4.69, 9.17) is 5.11 Å². The maximum atomic E-state index is 11.5. The summed E-state index contributed by atoms with van der Waals surface area (Å²) >= 11 is 0. The molecule has 0 spiro atoms. The SMILES string of the molecule is C=CCS(=O)(=O)N(CC(=O)O)C(C)C. The van der Waals surface area contributed by atoms with Crippen molar-refractivity contribution in [1.82, 2.24) is 4.31 Å². The number of nitrogens with zero attached hydrogens (tertiary/aromatic N) is 1. The van der Waals surface area contributed by atoms with Gasteiger partial charge in [0.25, 0.3) is 0 Å². The Labute approximate surface area is 84.1 Å². The van der Waals surface area contributed by atoms with Gasteiger partial charge in [0.05, 0.1) is 5.75 Å². The highest BCUT2D eigenvalue weighted by molar-refractivity contribution is 7.89. The van der Waals surface area contributed by atoms with Crippen molar-refractivity contribution in [1.29, 1.82) is 0 Å². The number of carboxylic acids is 1. The lowest BCUT2D eigenvalue weighted by molar-refractivity contribution is -0.137. The van der Waals surface area contributed by atoms with E-state index in [1.807, 2.05) is 0 Å². The minimum absolute atomic E-state index is 0.238. The second-order valence-corrected chi connectivity index (χ2v) is 5.07. The van der Waals surface area contributed by atoms with E-state index in [1.165, 1.54) is 6.08 Å². The summed E-state index contributed by atoms with van der Waals surface area (Å²) in [5, 5.41) is 8.53. The van der Waals surface area contributed by atoms with Crippen LogP contribution in [0.2, 0.25) is 0 Å². The summed E-state index contributed by atoms with van der Waals surface area (Å²) in [6.07, 6.45) is 1.24. The predicted octanol–water partition coefficient (Wildman–Crippen LogP) is 0.297. The van der Waals surface area contributed by atoms with E-state index >= 15 is 0 Å². The zero-order valence-corrected chi connectivity index (χ0v) is 9.12. The summed E-state index contributed by atoms with van der Waals surface area (Å²) in [7, 11) is -3.53. The fourth-order valence-corrected chi connectivity index (χ4v) is 2.42. The number of hydrogen-bond acceptors (Lipinski definition) is 3. The molecule has 0 amide bonds. The van der Waals surface area contributed by atoms with Crippen LogP contribution in [0.3, 0.4) is 0 Å². The van der Waals surface area contributed by atoms with Gasteiger partial charge in [0.2, 0.25) is 10.0 Å². The third kappa shape index (κ3) is 3.89. The molecule has 5 nitrogen and oxygen atoms in total. The minimum atomic E-state index is -3.53. The van der Waals surface area contributed by atoms with Gasteiger partial charge in [-0.25, -0.2) is 8.42 Å². The van der Waals surface area contributed by atoms with E-state index in [0.29, 0.717) is 0 Å². The van der Waals surface area contributed by atoms with Gasteiger partial charge in [-0.2, -0.15) is 4.31 Å². The second kappa shape index (κ2) is 5.11. The molecule has 0 aromatic rings. The molecule has 0 saturated carbocycles. The molecule has 0 fully saturated rings. The molecule has 0 aliphatic heterocycles. The Kier molecular flexibility index (Phi) is 4.79. The van der Waals surface area contributed by atoms with Crippen molar-refractivity contribution in [2.24, 2.45) is 0 Å². The van der Waals surface area contributed by atoms with Crippen LogP contribution < -0.4 is 0 Å². The minimum Gasteiger partial charge on any atom is -0.480 e. The van der Waals surface area contributed by atoms with Crippen molar-refractivity contribution < 1.29 is 18.3 Å². The Bertz CT molecular complexity index is 307. The Hall–Kier alpha value is -0.880. The van der Waals surface area contributed by atoms with Crippen molar-refractivity contribution in [2.45, 2.75) is 19.9 Å². The molecule has 0 radical (unpaired) electrons. The van der Waals surface area contributed by atoms with Gasteiger partial charge in [0, 0.05) is 6.04 Å². The fraction of sp³-hybridized carbons (Fsp3) is 0.625. The number of carbonyl (C=O) groups is 1. The number of carboxylic acid groups (broad SMARTS) is 1. The van der Waals surface area contributed by atoms with Gasteiger partial charge in [-0.15, -0.1) is 6.58 Å². The molecule has 0 heterocycles. The number of sulfonamides is 1. The van der Waals surface area contributed by atoms with Crippen LogP contribution in [-0.2, 0) is 14.8 Å². The zero-order chi connectivity index (χ0) is 11.4. The summed E-state index contributed by atoms with van der Waals surface area (Å²) in [4.78, 5) is 10.4. The molecule has 0 atom stereocenters. The van der Waals surface area contributed by atoms with Crippen LogP contribution in [-0.4, -0.2) is 42.1 Å². The first kappa shape index (κ1) is 13.1. The van der Waals surface area contributed by atoms with E-state index in [1.54, 1.807) is 13.8 Å². The maximum absolute atomic E-state index is 11.5. The highest BCUT2D eigenvalue weighted by Crippen LogP contribution is 2.07. The van der Waals surface area contributed by atoms with Crippen molar-refractivity contribution in [3.8, 4) is 0 Å². The summed E-state index contributed by atoms with van der Waals surface area (Å²) in [6, 6.07) is -0.365. The quantitative estimate of drug-likeness (QED) is 0.654. The average molecular weight is 221 g/mol. The fourth-order valence-electron chi connectivity index (χ4n) is 0.980. The Balaban J connectivity index is 4.82. The zero-order valence-electron chi connectivity index (χ0n) is 8.30. The number of aliphatic carboxylic acids is 1. The number of hydrogen-bond donors (Lipinski definition) is 1. The van der Waals surface area contributed by atoms with E-state index in [9.17, 15) is 13.2 Å². The van der Waals surface area contributed by atoms with Crippen LogP contribution in [0.15, 0.2) is 12.7 Å². The molecule has 82 valence electrons. The highest BCUT2D eigenvalue weighted by Gasteiger charge is 2.25. The third-order valence-electron chi connectivity index (χ3n) is 1.55. The maximum Gasteiger partial charge on any atom is 0.318 e. The van der Waals surface area contributed by atoms with Crippen LogP contribution in [0.4, 0.5) is 0 Å². The molecule has 6 heteroatoms. The molecule has 14 heavy (non-hydrogen) atoms. The predicted molar refractivity (Wildman–Crippen MR) is 53.5 cm³/mol. The normalized spacial score (nSPS) is 12.0. The molecule has 0 rings (SSSR count). The lowest BCUT2D eigenvalue weighted by Gasteiger charge is -2.23. The lowest BCUT2D eigenvalue weighted by Crippen LogP contribution is -2.41. The molecular formula is C8H15NO4S. The molecule has 0 bridgehead atoms. The van der Waals surface area contributed by atoms with Crippen molar-refractivity contribution in [2.75, 3.05) is 12.3 Å². The van der Waals surface area contributed by atoms with E-state index in [-0.39, 0.29) is 11.8 Å². The molecule has 0 saturated heterocycles. The van der Waals surface area contributed by atoms with Crippen molar-refractivity contribution >= 4 is 16.0 Å². The smallest absolute Gasteiger partial charge is 0.318 e. The molecular weight excluding hydrogens is 206 g/mol. The van der Waals surface area contributed by atoms with Gasteiger partial charge in [-0.05, 0) is 13.8 Å². The van der Waals surface area contributed by atoms with Crippen LogP contribution >= 0.6 is 0 Å². The third-order valence-corrected chi connectivity index (χ3v) is 3.48. The van der Waals surface area contributed by atoms with Crippen molar-refractivity contribution in [3.63, 3.8) is 0 Å². The van der Waals surface area contributed by atoms with Gasteiger partial charge in [0.15, 0.2) is 0 Å². The van der Waals surface area contributed by atoms with Crippen LogP contribution in [0, 0.1) is 0 Å². The van der Waals surface area contributed by atoms with Gasteiger partial charge < -0.3 is 5.11 Å². The monoisotopic (exact) mass is 221 g/mol. The van der Waals surface area contributed by atoms with Crippen LogP contribution in [0.1, 0.15) is 13.8 Å². The first-order valence-corrected chi connectivity index (χ1v) is 5.74. The Morgan fingerprint density at radius 2 is 2.07 bits per heavy atom. The molecule has 0 aliphatic rings. The largest absolute Gasteiger partial charge is 0.480 e. The topological polar surface area (TPSA) is 74.7 Å². The summed E-state index contributed by atoms with van der Waals surface area (Å²) in [5.41, 5.74) is 0. The van der Waals surface area contributed by atoms with Crippen molar-refractivity contribution in [3.05, 3.63) is 12.7 Å². The second-order valence-electron chi connectivity index (χ2n) is 3.10. The summed E-state index contributed by atoms with van der Waals surface area (Å²) in [6.45, 7) is 6.06. The molecule has 0 aromatic carbocycles. The standard InChI is InChI=1S/C8H15NO4S/c1-4-5-14(12,13)9(7(2)3)6-8(10)11/h4,7H,1,5-6H2,2-3H3,(H,10,11). The van der Waals surface area contributed by atoms with E-state index < -0.39 is 22.5 Å². The molecule has 1 N–H and O–H groups in total. The van der Waals surface area contributed by atoms with Crippen LogP contribution in [0.25, 0.3) is 0 Å². The van der Waals surface area contributed by atoms with Gasteiger partial charge >= 0.3 is 5.97 Å². The molecule has 0 aliphatic carbocycles. The highest BCUT2D eigenvalue weighted by atomic mass is 32.2. The van der Waals surface area contributed by atoms with E-state index in [0.717, 1.165) is 4.31 Å². The Morgan fingerprint density at radius 3 is 2.36 bits per heavy atom. The first-order valence-electron chi connectivity index (χ1n) is 4.13. The summed E-state index contributed by atoms with van der Waals surface area (Å²) in [5.74, 6) is -1.40. The molecule has 0 unspecified atom stereocenters. The summed E-state index contributed by atoms with van der Waals surface area (Å²) < 4.78 is 23.9. The van der Waals surface area contributed by atoms with Gasteiger partial charge in [0.1, 0.15) is 6.54 Å². The number of rotatable bonds is 6. The average Bonchev–Trinajstić information content (AvgIpc) is 1.99. The Morgan fingerprint density at radius 1 is 1.57 bits per heavy atom. The van der Waals surface area contributed by atoms with E-state index in [2.05, 4.69) is 6.58 Å². The van der Waals surface area contributed by atoms with Crippen LogP contribution in [0.5, 0.6) is 0 Å². The van der Waals surface area contributed by atoms with Gasteiger partial charge in [-0.1, -0.05) is 6.08 Å².